The average Bonchev–Trinajstić information content (AvgIpc) is 2.72. The van der Waals surface area contributed by atoms with Crippen LogP contribution >= 0.6 is 0 Å². The van der Waals surface area contributed by atoms with Crippen molar-refractivity contribution in [1.29, 1.82) is 0 Å². The summed E-state index contributed by atoms with van der Waals surface area (Å²) in [6.45, 7) is 10.2. The fraction of sp³-hybridized carbons (Fsp3) is 0.769. The van der Waals surface area contributed by atoms with Crippen LogP contribution < -0.4 is 0 Å². The molecule has 0 saturated heterocycles. The van der Waals surface area contributed by atoms with Crippen molar-refractivity contribution in [2.75, 3.05) is 6.61 Å². The van der Waals surface area contributed by atoms with Crippen LogP contribution in [0.1, 0.15) is 56.7 Å². The molecule has 0 spiro atoms. The number of hydrogen-bond acceptors (Lipinski definition) is 5. The fourth-order valence-electron chi connectivity index (χ4n) is 1.76. The largest absolute Gasteiger partial charge is 0.461 e. The van der Waals surface area contributed by atoms with Crippen molar-refractivity contribution in [1.82, 2.24) is 15.0 Å². The van der Waals surface area contributed by atoms with Gasteiger partial charge in [-0.05, 0) is 18.8 Å². The molecule has 19 heavy (non-hydrogen) atoms. The topological polar surface area (TPSA) is 77.2 Å². The first-order valence-corrected chi connectivity index (χ1v) is 6.67. The number of aliphatic hydroxyl groups is 1. The van der Waals surface area contributed by atoms with Gasteiger partial charge in [-0.25, -0.2) is 9.48 Å². The molecule has 0 aliphatic heterocycles. The first-order valence-electron chi connectivity index (χ1n) is 6.67. The average molecular weight is 269 g/mol. The second-order valence-electron chi connectivity index (χ2n) is 5.19. The second-order valence-corrected chi connectivity index (χ2v) is 5.19. The Bertz CT molecular complexity index is 427. The maximum absolute atomic E-state index is 11.8. The SMILES string of the molecule is CCOC(=O)c1nnn(CC(O)C(C)C)c1C(C)C. The molecule has 0 fully saturated rings. The highest BCUT2D eigenvalue weighted by Gasteiger charge is 2.24. The van der Waals surface area contributed by atoms with E-state index in [0.29, 0.717) is 18.8 Å². The Balaban J connectivity index is 3.03. The van der Waals surface area contributed by atoms with Crippen molar-refractivity contribution in [2.45, 2.75) is 53.2 Å². The zero-order valence-electron chi connectivity index (χ0n) is 12.3. The Morgan fingerprint density at radius 1 is 1.37 bits per heavy atom. The smallest absolute Gasteiger partial charge is 0.360 e. The lowest BCUT2D eigenvalue weighted by Gasteiger charge is -2.17. The standard InChI is InChI=1S/C13H23N3O3/c1-6-19-13(18)11-12(9(4)5)16(15-14-11)7-10(17)8(2)3/h8-10,17H,6-7H2,1-5H3. The summed E-state index contributed by atoms with van der Waals surface area (Å²) in [7, 11) is 0. The zero-order valence-corrected chi connectivity index (χ0v) is 12.3. The van der Waals surface area contributed by atoms with E-state index >= 15 is 0 Å². The Hall–Kier alpha value is -1.43. The molecule has 0 aromatic carbocycles. The molecule has 0 amide bonds. The third-order valence-electron chi connectivity index (χ3n) is 2.92. The van der Waals surface area contributed by atoms with E-state index in [-0.39, 0.29) is 17.5 Å². The van der Waals surface area contributed by atoms with Gasteiger partial charge in [0.1, 0.15) is 0 Å². The lowest BCUT2D eigenvalue weighted by molar-refractivity contribution is 0.0517. The van der Waals surface area contributed by atoms with E-state index < -0.39 is 12.1 Å². The number of carbonyl (C=O) groups is 1. The number of rotatable bonds is 6. The normalized spacial score (nSPS) is 13.1. The van der Waals surface area contributed by atoms with Gasteiger partial charge >= 0.3 is 5.97 Å². The number of hydrogen-bond donors (Lipinski definition) is 1. The Kier molecular flexibility index (Phi) is 5.47. The lowest BCUT2D eigenvalue weighted by atomic mass is 10.1. The summed E-state index contributed by atoms with van der Waals surface area (Å²) in [5, 5.41) is 17.8. The van der Waals surface area contributed by atoms with Crippen LogP contribution in [0.4, 0.5) is 0 Å². The predicted octanol–water partition coefficient (Wildman–Crippen LogP) is 1.60. The molecule has 1 unspecified atom stereocenters. The van der Waals surface area contributed by atoms with Crippen LogP contribution in [0.2, 0.25) is 0 Å². The minimum absolute atomic E-state index is 0.0776. The van der Waals surface area contributed by atoms with Crippen molar-refractivity contribution in [3.8, 4) is 0 Å². The van der Waals surface area contributed by atoms with E-state index in [0.717, 1.165) is 0 Å². The first kappa shape index (κ1) is 15.6. The number of nitrogens with zero attached hydrogens (tertiary/aromatic N) is 3. The highest BCUT2D eigenvalue weighted by molar-refractivity contribution is 5.88. The Morgan fingerprint density at radius 2 is 2.00 bits per heavy atom. The van der Waals surface area contributed by atoms with Gasteiger partial charge < -0.3 is 9.84 Å². The van der Waals surface area contributed by atoms with Gasteiger partial charge in [0.05, 0.1) is 24.9 Å². The van der Waals surface area contributed by atoms with E-state index in [2.05, 4.69) is 10.3 Å². The molecule has 1 rings (SSSR count). The van der Waals surface area contributed by atoms with Crippen molar-refractivity contribution < 1.29 is 14.6 Å². The van der Waals surface area contributed by atoms with Gasteiger partial charge in [-0.2, -0.15) is 0 Å². The molecule has 0 radical (unpaired) electrons. The minimum atomic E-state index is -0.519. The van der Waals surface area contributed by atoms with E-state index in [1.54, 1.807) is 11.6 Å². The fourth-order valence-corrected chi connectivity index (χ4v) is 1.76. The summed E-state index contributed by atoms with van der Waals surface area (Å²) in [4.78, 5) is 11.8. The quantitative estimate of drug-likeness (QED) is 0.794. The summed E-state index contributed by atoms with van der Waals surface area (Å²) >= 11 is 0. The van der Waals surface area contributed by atoms with Crippen LogP contribution in [0.5, 0.6) is 0 Å². The Morgan fingerprint density at radius 3 is 2.47 bits per heavy atom. The molecule has 1 atom stereocenters. The number of aliphatic hydroxyl groups excluding tert-OH is 1. The van der Waals surface area contributed by atoms with E-state index in [9.17, 15) is 9.90 Å². The number of ether oxygens (including phenoxy) is 1. The van der Waals surface area contributed by atoms with Gasteiger partial charge in [-0.3, -0.25) is 0 Å². The molecule has 1 N–H and O–H groups in total. The molecule has 0 saturated carbocycles. The predicted molar refractivity (Wildman–Crippen MR) is 70.9 cm³/mol. The molecule has 0 aliphatic carbocycles. The van der Waals surface area contributed by atoms with E-state index in [1.165, 1.54) is 0 Å². The molecule has 1 aromatic heterocycles. The van der Waals surface area contributed by atoms with Gasteiger partial charge in [0.25, 0.3) is 0 Å². The van der Waals surface area contributed by atoms with Crippen molar-refractivity contribution >= 4 is 5.97 Å². The van der Waals surface area contributed by atoms with Crippen molar-refractivity contribution in [3.63, 3.8) is 0 Å². The zero-order chi connectivity index (χ0) is 14.6. The van der Waals surface area contributed by atoms with Gasteiger partial charge in [-0.1, -0.05) is 32.9 Å². The van der Waals surface area contributed by atoms with Gasteiger partial charge in [0.15, 0.2) is 5.69 Å². The molecule has 108 valence electrons. The molecule has 0 bridgehead atoms. The van der Waals surface area contributed by atoms with Crippen LogP contribution in [-0.2, 0) is 11.3 Å². The summed E-state index contributed by atoms with van der Waals surface area (Å²) in [6.07, 6.45) is -0.519. The van der Waals surface area contributed by atoms with E-state index in [4.69, 9.17) is 4.74 Å². The number of aromatic nitrogens is 3. The third kappa shape index (κ3) is 3.76. The summed E-state index contributed by atoms with van der Waals surface area (Å²) in [6, 6.07) is 0. The van der Waals surface area contributed by atoms with Crippen molar-refractivity contribution in [3.05, 3.63) is 11.4 Å². The highest BCUT2D eigenvalue weighted by atomic mass is 16.5. The Labute approximate surface area is 113 Å². The van der Waals surface area contributed by atoms with Crippen LogP contribution in [0.3, 0.4) is 0 Å². The molecule has 6 nitrogen and oxygen atoms in total. The van der Waals surface area contributed by atoms with Gasteiger partial charge in [0, 0.05) is 0 Å². The molecule has 0 aliphatic rings. The van der Waals surface area contributed by atoms with Crippen LogP contribution in [0.25, 0.3) is 0 Å². The third-order valence-corrected chi connectivity index (χ3v) is 2.92. The maximum Gasteiger partial charge on any atom is 0.360 e. The second kappa shape index (κ2) is 6.65. The number of esters is 1. The van der Waals surface area contributed by atoms with Crippen molar-refractivity contribution in [2.24, 2.45) is 5.92 Å². The lowest BCUT2D eigenvalue weighted by Crippen LogP contribution is -2.24. The maximum atomic E-state index is 11.8. The molecule has 1 heterocycles. The minimum Gasteiger partial charge on any atom is -0.461 e. The van der Waals surface area contributed by atoms with Crippen LogP contribution in [-0.4, -0.2) is 38.8 Å². The molecule has 6 heteroatoms. The van der Waals surface area contributed by atoms with Crippen LogP contribution in [0, 0.1) is 5.92 Å². The van der Waals surface area contributed by atoms with E-state index in [1.807, 2.05) is 27.7 Å². The van der Waals surface area contributed by atoms with Crippen LogP contribution in [0.15, 0.2) is 0 Å². The summed E-state index contributed by atoms with van der Waals surface area (Å²) < 4.78 is 6.57. The molecular weight excluding hydrogens is 246 g/mol. The number of carbonyl (C=O) groups excluding carboxylic acids is 1. The summed E-state index contributed by atoms with van der Waals surface area (Å²) in [5.41, 5.74) is 0.950. The summed E-state index contributed by atoms with van der Waals surface area (Å²) in [5.74, 6) is -0.263. The monoisotopic (exact) mass is 269 g/mol. The first-order chi connectivity index (χ1) is 8.88. The van der Waals surface area contributed by atoms with Gasteiger partial charge in [0.2, 0.25) is 0 Å². The highest BCUT2D eigenvalue weighted by Crippen LogP contribution is 2.19. The van der Waals surface area contributed by atoms with Gasteiger partial charge in [-0.15, -0.1) is 5.10 Å². The molecular formula is C13H23N3O3. The molecule has 1 aromatic rings.